The summed E-state index contributed by atoms with van der Waals surface area (Å²) in [6.07, 6.45) is -1.59. The molecule has 2 saturated heterocycles. The summed E-state index contributed by atoms with van der Waals surface area (Å²) in [5.74, 6) is 0. The third-order valence-electron chi connectivity index (χ3n) is 2.81. The molecule has 1 aromatic carbocycles. The summed E-state index contributed by atoms with van der Waals surface area (Å²) in [5, 5.41) is 0. The topological polar surface area (TPSA) is 71.1 Å². The predicted octanol–water partition coefficient (Wildman–Crippen LogP) is 0.761. The second-order valence-electron chi connectivity index (χ2n) is 4.08. The molecule has 0 aromatic heterocycles. The maximum Gasteiger partial charge on any atom is 0.400 e. The minimum atomic E-state index is -3.90. The van der Waals surface area contributed by atoms with E-state index >= 15 is 0 Å². The highest BCUT2D eigenvalue weighted by atomic mass is 32.3. The van der Waals surface area contributed by atoms with E-state index in [4.69, 9.17) is 13.7 Å². The third-order valence-corrected chi connectivity index (χ3v) is 3.72. The molecule has 1 aromatic rings. The van der Waals surface area contributed by atoms with E-state index in [0.29, 0.717) is 0 Å². The highest BCUT2D eigenvalue weighted by molar-refractivity contribution is 7.81. The zero-order valence-corrected chi connectivity index (χ0v) is 10.2. The average molecular weight is 272 g/mol. The van der Waals surface area contributed by atoms with Gasteiger partial charge in [-0.05, 0) is 0 Å². The first-order valence-electron chi connectivity index (χ1n) is 5.54. The molecule has 0 bridgehead atoms. The van der Waals surface area contributed by atoms with E-state index in [9.17, 15) is 8.42 Å². The van der Waals surface area contributed by atoms with Gasteiger partial charge in [0.15, 0.2) is 6.29 Å². The van der Waals surface area contributed by atoms with Crippen LogP contribution >= 0.6 is 0 Å². The van der Waals surface area contributed by atoms with Gasteiger partial charge in [-0.25, -0.2) is 8.37 Å². The second kappa shape index (κ2) is 4.60. The lowest BCUT2D eigenvalue weighted by molar-refractivity contribution is -0.264. The summed E-state index contributed by atoms with van der Waals surface area (Å²) >= 11 is 0. The summed E-state index contributed by atoms with van der Waals surface area (Å²) < 4.78 is 42.6. The molecule has 2 aliphatic heterocycles. The van der Waals surface area contributed by atoms with Crippen LogP contribution in [0.4, 0.5) is 0 Å². The Hall–Kier alpha value is -0.990. The Bertz CT molecular complexity index is 514. The average Bonchev–Trinajstić information content (AvgIpc) is 2.38. The maximum atomic E-state index is 11.1. The van der Waals surface area contributed by atoms with Crippen LogP contribution in [0.5, 0.6) is 0 Å². The molecule has 0 spiro atoms. The molecular weight excluding hydrogens is 260 g/mol. The summed E-state index contributed by atoms with van der Waals surface area (Å²) in [6.45, 7) is 0.118. The monoisotopic (exact) mass is 272 g/mol. The molecule has 0 aliphatic carbocycles. The fraction of sp³-hybridized carbons (Fsp3) is 0.455. The van der Waals surface area contributed by atoms with Crippen molar-refractivity contribution in [2.24, 2.45) is 0 Å². The molecule has 0 N–H and O–H groups in total. The van der Waals surface area contributed by atoms with Gasteiger partial charge in [0.25, 0.3) is 0 Å². The van der Waals surface area contributed by atoms with E-state index in [0.717, 1.165) is 5.56 Å². The van der Waals surface area contributed by atoms with Crippen molar-refractivity contribution in [1.82, 2.24) is 0 Å². The van der Waals surface area contributed by atoms with Crippen LogP contribution in [-0.2, 0) is 28.2 Å². The van der Waals surface area contributed by atoms with Crippen molar-refractivity contribution < 1.29 is 26.3 Å². The van der Waals surface area contributed by atoms with Crippen molar-refractivity contribution in [3.05, 3.63) is 35.9 Å². The van der Waals surface area contributed by atoms with Crippen LogP contribution in [0.25, 0.3) is 0 Å². The van der Waals surface area contributed by atoms with Crippen LogP contribution in [0.3, 0.4) is 0 Å². The van der Waals surface area contributed by atoms with Crippen molar-refractivity contribution in [2.75, 3.05) is 13.2 Å². The number of rotatable bonds is 1. The molecule has 98 valence electrons. The lowest BCUT2D eigenvalue weighted by atomic mass is 10.1. The summed E-state index contributed by atoms with van der Waals surface area (Å²) in [6, 6.07) is 9.42. The van der Waals surface area contributed by atoms with E-state index in [2.05, 4.69) is 4.18 Å². The van der Waals surface area contributed by atoms with Crippen molar-refractivity contribution in [3.63, 3.8) is 0 Å². The normalized spacial score (nSPS) is 34.8. The van der Waals surface area contributed by atoms with Gasteiger partial charge in [-0.1, -0.05) is 30.3 Å². The Morgan fingerprint density at radius 3 is 2.61 bits per heavy atom. The largest absolute Gasteiger partial charge is 0.400 e. The van der Waals surface area contributed by atoms with Gasteiger partial charge in [0.05, 0.1) is 13.2 Å². The molecule has 18 heavy (non-hydrogen) atoms. The molecule has 2 fully saturated rings. The molecule has 2 aliphatic rings. The van der Waals surface area contributed by atoms with Crippen molar-refractivity contribution in [1.29, 1.82) is 0 Å². The van der Waals surface area contributed by atoms with Crippen molar-refractivity contribution in [2.45, 2.75) is 18.5 Å². The number of hydrogen-bond acceptors (Lipinski definition) is 6. The maximum absolute atomic E-state index is 11.1. The summed E-state index contributed by atoms with van der Waals surface area (Å²) in [5.41, 5.74) is 0.879. The fourth-order valence-electron chi connectivity index (χ4n) is 1.93. The van der Waals surface area contributed by atoms with Crippen LogP contribution in [0, 0.1) is 0 Å². The zero-order valence-electron chi connectivity index (χ0n) is 9.39. The molecule has 0 saturated carbocycles. The van der Waals surface area contributed by atoms with Gasteiger partial charge in [0.1, 0.15) is 12.2 Å². The first kappa shape index (κ1) is 12.1. The standard InChI is InChI=1S/C11H12O6S/c12-18(13)15-7-9-10(17-18)6-14-11(16-9)8-4-2-1-3-5-8/h1-5,9-11H,6-7H2/t9-,10+,11+/m0/s1. The molecule has 3 atom stereocenters. The van der Waals surface area contributed by atoms with Crippen LogP contribution in [0.15, 0.2) is 30.3 Å². The SMILES string of the molecule is O=S1(=O)OC[C@@H]2O[C@H](c3ccccc3)OC[C@H]2O1. The number of fused-ring (bicyclic) bond motifs is 1. The Labute approximate surface area is 105 Å². The first-order valence-corrected chi connectivity index (χ1v) is 6.87. The number of benzene rings is 1. The molecule has 0 unspecified atom stereocenters. The number of ether oxygens (including phenoxy) is 2. The zero-order chi connectivity index (χ0) is 12.6. The quantitative estimate of drug-likeness (QED) is 0.751. The third kappa shape index (κ3) is 2.40. The molecular formula is C11H12O6S. The van der Waals surface area contributed by atoms with Crippen LogP contribution < -0.4 is 0 Å². The molecule has 6 nitrogen and oxygen atoms in total. The second-order valence-corrected chi connectivity index (χ2v) is 5.32. The van der Waals surface area contributed by atoms with Gasteiger partial charge in [-0.2, -0.15) is 8.42 Å². The molecule has 0 amide bonds. The Morgan fingerprint density at radius 1 is 1.06 bits per heavy atom. The van der Waals surface area contributed by atoms with E-state index in [1.54, 1.807) is 0 Å². The van der Waals surface area contributed by atoms with Crippen LogP contribution in [0.1, 0.15) is 11.9 Å². The van der Waals surface area contributed by atoms with Gasteiger partial charge in [-0.15, -0.1) is 0 Å². The summed E-state index contributed by atoms with van der Waals surface area (Å²) in [7, 11) is -3.90. The van der Waals surface area contributed by atoms with Gasteiger partial charge in [0.2, 0.25) is 0 Å². The van der Waals surface area contributed by atoms with E-state index in [1.807, 2.05) is 30.3 Å². The lowest BCUT2D eigenvalue weighted by Gasteiger charge is -2.37. The Morgan fingerprint density at radius 2 is 1.83 bits per heavy atom. The molecule has 7 heteroatoms. The van der Waals surface area contributed by atoms with Gasteiger partial charge in [0, 0.05) is 5.56 Å². The first-order chi connectivity index (χ1) is 8.64. The minimum absolute atomic E-state index is 0.0420. The highest BCUT2D eigenvalue weighted by Gasteiger charge is 2.41. The predicted molar refractivity (Wildman–Crippen MR) is 59.8 cm³/mol. The minimum Gasteiger partial charge on any atom is -0.346 e. The van der Waals surface area contributed by atoms with Crippen LogP contribution in [-0.4, -0.2) is 33.8 Å². The highest BCUT2D eigenvalue weighted by Crippen LogP contribution is 2.30. The number of hydrogen-bond donors (Lipinski definition) is 0. The van der Waals surface area contributed by atoms with E-state index < -0.39 is 28.9 Å². The Kier molecular flexibility index (Phi) is 3.08. The fourth-order valence-corrected chi connectivity index (χ4v) is 2.76. The van der Waals surface area contributed by atoms with E-state index in [1.165, 1.54) is 0 Å². The summed E-state index contributed by atoms with van der Waals surface area (Å²) in [4.78, 5) is 0. The molecule has 3 rings (SSSR count). The van der Waals surface area contributed by atoms with Gasteiger partial charge >= 0.3 is 10.4 Å². The molecule has 2 heterocycles. The Balaban J connectivity index is 1.72. The van der Waals surface area contributed by atoms with Crippen molar-refractivity contribution in [3.8, 4) is 0 Å². The van der Waals surface area contributed by atoms with Gasteiger partial charge < -0.3 is 9.47 Å². The van der Waals surface area contributed by atoms with Gasteiger partial charge in [-0.3, -0.25) is 0 Å². The van der Waals surface area contributed by atoms with Crippen molar-refractivity contribution >= 4 is 10.4 Å². The van der Waals surface area contributed by atoms with E-state index in [-0.39, 0.29) is 13.2 Å². The smallest absolute Gasteiger partial charge is 0.346 e. The molecule has 0 radical (unpaired) electrons. The lowest BCUT2D eigenvalue weighted by Crippen LogP contribution is -2.49. The van der Waals surface area contributed by atoms with Crippen LogP contribution in [0.2, 0.25) is 0 Å².